The first kappa shape index (κ1) is 13.9. The SMILES string of the molecule is CCNC1CCN(C(CC)C(N)=O)c2ccccc21. The number of hydrogen-bond acceptors (Lipinski definition) is 3. The van der Waals surface area contributed by atoms with Gasteiger partial charge in [0.2, 0.25) is 5.91 Å². The predicted octanol–water partition coefficient (Wildman–Crippen LogP) is 1.81. The first-order chi connectivity index (χ1) is 9.19. The van der Waals surface area contributed by atoms with E-state index in [1.165, 1.54) is 5.56 Å². The van der Waals surface area contributed by atoms with Gasteiger partial charge in [-0.1, -0.05) is 32.0 Å². The van der Waals surface area contributed by atoms with Crippen LogP contribution in [0.3, 0.4) is 0 Å². The van der Waals surface area contributed by atoms with Gasteiger partial charge in [0.15, 0.2) is 0 Å². The van der Waals surface area contributed by atoms with E-state index in [1.54, 1.807) is 0 Å². The molecule has 0 radical (unpaired) electrons. The van der Waals surface area contributed by atoms with Gasteiger partial charge in [-0.05, 0) is 31.0 Å². The van der Waals surface area contributed by atoms with Crippen molar-refractivity contribution >= 4 is 11.6 Å². The molecule has 0 aliphatic carbocycles. The molecule has 104 valence electrons. The Morgan fingerprint density at radius 1 is 1.47 bits per heavy atom. The summed E-state index contributed by atoms with van der Waals surface area (Å²) in [7, 11) is 0. The minimum Gasteiger partial charge on any atom is -0.368 e. The number of amides is 1. The van der Waals surface area contributed by atoms with Crippen LogP contribution in [0.5, 0.6) is 0 Å². The van der Waals surface area contributed by atoms with Gasteiger partial charge in [-0.3, -0.25) is 4.79 Å². The molecule has 19 heavy (non-hydrogen) atoms. The number of benzene rings is 1. The Kier molecular flexibility index (Phi) is 4.43. The maximum atomic E-state index is 11.6. The fraction of sp³-hybridized carbons (Fsp3) is 0.533. The van der Waals surface area contributed by atoms with Crippen LogP contribution in [0.2, 0.25) is 0 Å². The molecule has 2 unspecified atom stereocenters. The Morgan fingerprint density at radius 2 is 2.21 bits per heavy atom. The molecule has 1 aromatic carbocycles. The highest BCUT2D eigenvalue weighted by Crippen LogP contribution is 2.35. The average molecular weight is 261 g/mol. The molecular formula is C15H23N3O. The van der Waals surface area contributed by atoms with Crippen molar-refractivity contribution in [2.75, 3.05) is 18.0 Å². The Balaban J connectivity index is 2.34. The maximum absolute atomic E-state index is 11.6. The van der Waals surface area contributed by atoms with Crippen LogP contribution in [0.4, 0.5) is 5.69 Å². The van der Waals surface area contributed by atoms with Gasteiger partial charge in [-0.15, -0.1) is 0 Å². The van der Waals surface area contributed by atoms with Gasteiger partial charge in [0, 0.05) is 18.3 Å². The van der Waals surface area contributed by atoms with Crippen LogP contribution < -0.4 is 16.0 Å². The highest BCUT2D eigenvalue weighted by atomic mass is 16.1. The lowest BCUT2D eigenvalue weighted by atomic mass is 9.94. The molecule has 0 saturated carbocycles. The van der Waals surface area contributed by atoms with Gasteiger partial charge < -0.3 is 16.0 Å². The van der Waals surface area contributed by atoms with Crippen LogP contribution in [0.15, 0.2) is 24.3 Å². The van der Waals surface area contributed by atoms with E-state index < -0.39 is 0 Å². The number of hydrogen-bond donors (Lipinski definition) is 2. The number of primary amides is 1. The molecule has 1 aliphatic heterocycles. The molecule has 0 aromatic heterocycles. The number of para-hydroxylation sites is 1. The average Bonchev–Trinajstić information content (AvgIpc) is 2.41. The van der Waals surface area contributed by atoms with Crippen LogP contribution in [0.1, 0.15) is 38.3 Å². The van der Waals surface area contributed by atoms with Crippen molar-refractivity contribution in [1.82, 2.24) is 5.32 Å². The van der Waals surface area contributed by atoms with Crippen molar-refractivity contribution in [2.45, 2.75) is 38.8 Å². The number of carbonyl (C=O) groups is 1. The van der Waals surface area contributed by atoms with Gasteiger partial charge in [-0.25, -0.2) is 0 Å². The molecule has 0 spiro atoms. The minimum atomic E-state index is -0.237. The quantitative estimate of drug-likeness (QED) is 0.850. The summed E-state index contributed by atoms with van der Waals surface area (Å²) in [6.07, 6.45) is 1.75. The molecule has 4 heteroatoms. The van der Waals surface area contributed by atoms with Gasteiger partial charge in [0.25, 0.3) is 0 Å². The molecule has 0 fully saturated rings. The number of fused-ring (bicyclic) bond motifs is 1. The summed E-state index contributed by atoms with van der Waals surface area (Å²) in [5, 5.41) is 3.50. The second-order valence-corrected chi connectivity index (χ2v) is 4.98. The Bertz CT molecular complexity index is 447. The molecule has 0 bridgehead atoms. The third kappa shape index (κ3) is 2.73. The second kappa shape index (κ2) is 6.06. The number of nitrogens with two attached hydrogens (primary N) is 1. The predicted molar refractivity (Wildman–Crippen MR) is 78.1 cm³/mol. The van der Waals surface area contributed by atoms with Crippen molar-refractivity contribution in [3.05, 3.63) is 29.8 Å². The number of nitrogens with one attached hydrogen (secondary N) is 1. The van der Waals surface area contributed by atoms with Crippen LogP contribution in [-0.4, -0.2) is 25.0 Å². The molecule has 1 aliphatic rings. The first-order valence-electron chi connectivity index (χ1n) is 7.07. The molecule has 2 rings (SSSR count). The van der Waals surface area contributed by atoms with E-state index in [0.29, 0.717) is 6.04 Å². The van der Waals surface area contributed by atoms with Crippen molar-refractivity contribution in [3.8, 4) is 0 Å². The van der Waals surface area contributed by atoms with Crippen molar-refractivity contribution < 1.29 is 4.79 Å². The summed E-state index contributed by atoms with van der Waals surface area (Å²) in [6, 6.07) is 8.48. The largest absolute Gasteiger partial charge is 0.368 e. The summed E-state index contributed by atoms with van der Waals surface area (Å²) < 4.78 is 0. The summed E-state index contributed by atoms with van der Waals surface area (Å²) >= 11 is 0. The van der Waals surface area contributed by atoms with Gasteiger partial charge in [-0.2, -0.15) is 0 Å². The fourth-order valence-electron chi connectivity index (χ4n) is 2.95. The van der Waals surface area contributed by atoms with Crippen LogP contribution in [0.25, 0.3) is 0 Å². The van der Waals surface area contributed by atoms with E-state index in [1.807, 2.05) is 13.0 Å². The Labute approximate surface area is 115 Å². The molecule has 1 heterocycles. The smallest absolute Gasteiger partial charge is 0.240 e. The number of rotatable bonds is 5. The number of nitrogens with zero attached hydrogens (tertiary/aromatic N) is 1. The Morgan fingerprint density at radius 3 is 2.84 bits per heavy atom. The molecule has 3 N–H and O–H groups in total. The van der Waals surface area contributed by atoms with E-state index in [4.69, 9.17) is 5.73 Å². The van der Waals surface area contributed by atoms with E-state index in [2.05, 4.69) is 35.3 Å². The summed E-state index contributed by atoms with van der Waals surface area (Å²) in [4.78, 5) is 13.8. The van der Waals surface area contributed by atoms with Crippen LogP contribution >= 0.6 is 0 Å². The molecule has 2 atom stereocenters. The first-order valence-corrected chi connectivity index (χ1v) is 7.07. The molecule has 1 aromatic rings. The Hall–Kier alpha value is -1.55. The van der Waals surface area contributed by atoms with Gasteiger partial charge >= 0.3 is 0 Å². The van der Waals surface area contributed by atoms with Gasteiger partial charge in [0.1, 0.15) is 6.04 Å². The zero-order valence-electron chi connectivity index (χ0n) is 11.7. The standard InChI is InChI=1S/C15H23N3O/c1-3-13(15(16)19)18-10-9-12(17-4-2)11-7-5-6-8-14(11)18/h5-8,12-13,17H,3-4,9-10H2,1-2H3,(H2,16,19). The minimum absolute atomic E-state index is 0.205. The lowest BCUT2D eigenvalue weighted by Crippen LogP contribution is -2.48. The van der Waals surface area contributed by atoms with Crippen molar-refractivity contribution in [2.24, 2.45) is 5.73 Å². The van der Waals surface area contributed by atoms with Gasteiger partial charge in [0.05, 0.1) is 0 Å². The summed E-state index contributed by atoms with van der Waals surface area (Å²) in [6.45, 7) is 5.95. The summed E-state index contributed by atoms with van der Waals surface area (Å²) in [5.41, 5.74) is 7.95. The lowest BCUT2D eigenvalue weighted by Gasteiger charge is -2.39. The monoisotopic (exact) mass is 261 g/mol. The second-order valence-electron chi connectivity index (χ2n) is 4.98. The van der Waals surface area contributed by atoms with E-state index >= 15 is 0 Å². The topological polar surface area (TPSA) is 58.4 Å². The summed E-state index contributed by atoms with van der Waals surface area (Å²) in [5.74, 6) is -0.237. The lowest BCUT2D eigenvalue weighted by molar-refractivity contribution is -0.119. The number of carbonyl (C=O) groups excluding carboxylic acids is 1. The van der Waals surface area contributed by atoms with Crippen LogP contribution in [0, 0.1) is 0 Å². The molecule has 4 nitrogen and oxygen atoms in total. The van der Waals surface area contributed by atoms with E-state index in [-0.39, 0.29) is 11.9 Å². The molecule has 0 saturated heterocycles. The zero-order chi connectivity index (χ0) is 13.8. The van der Waals surface area contributed by atoms with Crippen LogP contribution in [-0.2, 0) is 4.79 Å². The zero-order valence-corrected chi connectivity index (χ0v) is 11.7. The normalized spacial score (nSPS) is 19.9. The molecule has 1 amide bonds. The van der Waals surface area contributed by atoms with Crippen molar-refractivity contribution in [1.29, 1.82) is 0 Å². The number of anilines is 1. The maximum Gasteiger partial charge on any atom is 0.240 e. The highest BCUT2D eigenvalue weighted by Gasteiger charge is 2.30. The third-order valence-corrected chi connectivity index (χ3v) is 3.82. The van der Waals surface area contributed by atoms with E-state index in [9.17, 15) is 4.79 Å². The van der Waals surface area contributed by atoms with E-state index in [0.717, 1.165) is 31.6 Å². The fourth-order valence-corrected chi connectivity index (χ4v) is 2.95. The molecular weight excluding hydrogens is 238 g/mol. The third-order valence-electron chi connectivity index (χ3n) is 3.82. The van der Waals surface area contributed by atoms with Crippen molar-refractivity contribution in [3.63, 3.8) is 0 Å². The highest BCUT2D eigenvalue weighted by molar-refractivity contribution is 5.84.